The van der Waals surface area contributed by atoms with Gasteiger partial charge in [-0.3, -0.25) is 0 Å². The summed E-state index contributed by atoms with van der Waals surface area (Å²) in [7, 11) is 0. The lowest BCUT2D eigenvalue weighted by Crippen LogP contribution is -2.15. The first-order chi connectivity index (χ1) is 11.7. The summed E-state index contributed by atoms with van der Waals surface area (Å²) in [6.45, 7) is 2.06. The summed E-state index contributed by atoms with van der Waals surface area (Å²) in [4.78, 5) is 4.85. The topological polar surface area (TPSA) is 43.1 Å². The molecule has 0 fully saturated rings. The maximum absolute atomic E-state index is 6.36. The van der Waals surface area contributed by atoms with E-state index in [1.807, 2.05) is 47.0 Å². The van der Waals surface area contributed by atoms with Crippen LogP contribution in [0.25, 0.3) is 11.4 Å². The summed E-state index contributed by atoms with van der Waals surface area (Å²) in [6.07, 6.45) is 0. The van der Waals surface area contributed by atoms with Crippen molar-refractivity contribution in [1.82, 2.24) is 14.8 Å². The largest absolute Gasteiger partial charge is 0.248 e. The molecule has 0 atom stereocenters. The minimum atomic E-state index is 0.656. The molecule has 1 aliphatic rings. The van der Waals surface area contributed by atoms with Gasteiger partial charge in [-0.2, -0.15) is 0 Å². The monoisotopic (exact) mass is 372 g/mol. The van der Waals surface area contributed by atoms with Gasteiger partial charge < -0.3 is 0 Å². The van der Waals surface area contributed by atoms with Gasteiger partial charge in [0, 0.05) is 5.56 Å². The minimum Gasteiger partial charge on any atom is -0.248 e. The van der Waals surface area contributed by atoms with E-state index in [0.717, 1.165) is 38.0 Å². The van der Waals surface area contributed by atoms with Crippen LogP contribution in [0.5, 0.6) is 0 Å². The first-order valence-corrected chi connectivity index (χ1v) is 9.69. The predicted octanol–water partition coefficient (Wildman–Crippen LogP) is 5.24. The number of aromatic nitrogens is 3. The number of aliphatic imine (C=N–C) groups is 1. The third kappa shape index (κ3) is 2.85. The van der Waals surface area contributed by atoms with Gasteiger partial charge in [0.2, 0.25) is 0 Å². The van der Waals surface area contributed by atoms with Crippen molar-refractivity contribution in [2.45, 2.75) is 12.1 Å². The quantitative estimate of drug-likeness (QED) is 0.617. The molecule has 2 heterocycles. The van der Waals surface area contributed by atoms with Crippen molar-refractivity contribution in [3.8, 4) is 11.4 Å². The van der Waals surface area contributed by atoms with Crippen LogP contribution in [-0.4, -0.2) is 25.0 Å². The molecule has 4 nitrogen and oxygen atoms in total. The van der Waals surface area contributed by atoms with Gasteiger partial charge in [-0.05, 0) is 30.7 Å². The van der Waals surface area contributed by atoms with Gasteiger partial charge in [-0.25, -0.2) is 9.56 Å². The van der Waals surface area contributed by atoms with Gasteiger partial charge in [0.05, 0.1) is 15.8 Å². The molecule has 0 spiro atoms. The molecule has 0 bridgehead atoms. The van der Waals surface area contributed by atoms with Crippen molar-refractivity contribution in [1.29, 1.82) is 0 Å². The third-order valence-electron chi connectivity index (χ3n) is 3.65. The molecule has 24 heavy (non-hydrogen) atoms. The number of nitrogens with zero attached hydrogens (tertiary/aromatic N) is 4. The highest BCUT2D eigenvalue weighted by atomic mass is 35.5. The van der Waals surface area contributed by atoms with Crippen LogP contribution in [0, 0.1) is 6.92 Å². The van der Waals surface area contributed by atoms with Crippen molar-refractivity contribution in [2.24, 2.45) is 4.99 Å². The van der Waals surface area contributed by atoms with Crippen LogP contribution < -0.4 is 0 Å². The summed E-state index contributed by atoms with van der Waals surface area (Å²) in [5.74, 6) is 0.725. The Morgan fingerprint density at radius 3 is 2.67 bits per heavy atom. The van der Waals surface area contributed by atoms with Gasteiger partial charge in [-0.1, -0.05) is 65.5 Å². The highest BCUT2D eigenvalue weighted by molar-refractivity contribution is 8.24. The van der Waals surface area contributed by atoms with E-state index in [9.17, 15) is 0 Å². The Morgan fingerprint density at radius 1 is 1.04 bits per heavy atom. The second-order valence-corrected chi connectivity index (χ2v) is 7.87. The lowest BCUT2D eigenvalue weighted by atomic mass is 10.2. The highest BCUT2D eigenvalue weighted by Crippen LogP contribution is 2.36. The van der Waals surface area contributed by atoms with Crippen molar-refractivity contribution >= 4 is 46.0 Å². The summed E-state index contributed by atoms with van der Waals surface area (Å²) in [5, 5.41) is 11.9. The molecular weight excluding hydrogens is 360 g/mol. The Kier molecular flexibility index (Phi) is 4.35. The summed E-state index contributed by atoms with van der Waals surface area (Å²) in [5.41, 5.74) is 2.95. The standard InChI is InChI=1S/C17H13ClN4S2/c1-11-6-2-5-9-14(11)19-16-22-15(12-7-3-4-8-13(12)18)20-21-17(22)24-10-23-16/h2-9H,10H2,1H3. The fraction of sp³-hybridized carbons (Fsp3) is 0.118. The van der Waals surface area contributed by atoms with Gasteiger partial charge in [0.15, 0.2) is 16.1 Å². The number of halogens is 1. The zero-order chi connectivity index (χ0) is 16.5. The van der Waals surface area contributed by atoms with Crippen LogP contribution in [0.3, 0.4) is 0 Å². The Hall–Kier alpha value is -1.76. The molecule has 4 rings (SSSR count). The maximum atomic E-state index is 6.36. The van der Waals surface area contributed by atoms with E-state index in [1.165, 1.54) is 0 Å². The molecule has 0 saturated carbocycles. The summed E-state index contributed by atoms with van der Waals surface area (Å²) >= 11 is 9.70. The first-order valence-electron chi connectivity index (χ1n) is 7.34. The lowest BCUT2D eigenvalue weighted by Gasteiger charge is -2.17. The molecule has 7 heteroatoms. The van der Waals surface area contributed by atoms with E-state index in [1.54, 1.807) is 23.5 Å². The molecular formula is C17H13ClN4S2. The van der Waals surface area contributed by atoms with Crippen LogP contribution in [-0.2, 0) is 0 Å². The van der Waals surface area contributed by atoms with Crippen LogP contribution in [0.1, 0.15) is 5.56 Å². The average Bonchev–Trinajstić information content (AvgIpc) is 3.02. The molecule has 0 radical (unpaired) electrons. The smallest absolute Gasteiger partial charge is 0.198 e. The first kappa shape index (κ1) is 15.7. The van der Waals surface area contributed by atoms with Crippen molar-refractivity contribution in [3.05, 3.63) is 59.1 Å². The van der Waals surface area contributed by atoms with E-state index >= 15 is 0 Å². The number of benzene rings is 2. The van der Waals surface area contributed by atoms with E-state index in [0.29, 0.717) is 5.02 Å². The Labute approximate surface area is 153 Å². The Balaban J connectivity index is 1.88. The number of para-hydroxylation sites is 1. The minimum absolute atomic E-state index is 0.656. The number of rotatable bonds is 2. The lowest BCUT2D eigenvalue weighted by molar-refractivity contribution is 0.927. The van der Waals surface area contributed by atoms with Crippen LogP contribution in [0.4, 0.5) is 5.69 Å². The molecule has 1 aromatic heterocycles. The predicted molar refractivity (Wildman–Crippen MR) is 102 cm³/mol. The number of thioether (sulfide) groups is 2. The van der Waals surface area contributed by atoms with Crippen LogP contribution >= 0.6 is 35.1 Å². The third-order valence-corrected chi connectivity index (χ3v) is 5.97. The number of fused-ring (bicyclic) bond motifs is 1. The van der Waals surface area contributed by atoms with Crippen molar-refractivity contribution in [2.75, 3.05) is 5.08 Å². The average molecular weight is 373 g/mol. The fourth-order valence-corrected chi connectivity index (χ4v) is 4.65. The molecule has 0 saturated heterocycles. The molecule has 0 amide bonds. The van der Waals surface area contributed by atoms with E-state index in [-0.39, 0.29) is 0 Å². The Morgan fingerprint density at radius 2 is 1.83 bits per heavy atom. The summed E-state index contributed by atoms with van der Waals surface area (Å²) in [6, 6.07) is 15.8. The van der Waals surface area contributed by atoms with Crippen LogP contribution in [0.15, 0.2) is 58.7 Å². The molecule has 0 aliphatic carbocycles. The molecule has 3 aromatic rings. The SMILES string of the molecule is Cc1ccccc1N=C1SCSc2nnc(-c3ccccc3Cl)n21. The molecule has 0 N–H and O–H groups in total. The summed E-state index contributed by atoms with van der Waals surface area (Å²) < 4.78 is 1.99. The molecule has 0 unspecified atom stereocenters. The zero-order valence-corrected chi connectivity index (χ0v) is 15.2. The van der Waals surface area contributed by atoms with Gasteiger partial charge in [0.1, 0.15) is 0 Å². The van der Waals surface area contributed by atoms with E-state index < -0.39 is 0 Å². The maximum Gasteiger partial charge on any atom is 0.198 e. The molecule has 2 aromatic carbocycles. The molecule has 120 valence electrons. The normalized spacial score (nSPS) is 15.5. The van der Waals surface area contributed by atoms with E-state index in [4.69, 9.17) is 16.6 Å². The second-order valence-electron chi connectivity index (χ2n) is 5.21. The van der Waals surface area contributed by atoms with Crippen molar-refractivity contribution < 1.29 is 0 Å². The number of aryl methyl sites for hydroxylation is 1. The number of hydrogen-bond acceptors (Lipinski definition) is 5. The van der Waals surface area contributed by atoms with Gasteiger partial charge >= 0.3 is 0 Å². The molecule has 1 aliphatic heterocycles. The fourth-order valence-electron chi connectivity index (χ4n) is 2.43. The van der Waals surface area contributed by atoms with Gasteiger partial charge in [0.25, 0.3) is 0 Å². The zero-order valence-electron chi connectivity index (χ0n) is 12.8. The van der Waals surface area contributed by atoms with Gasteiger partial charge in [-0.15, -0.1) is 10.2 Å². The number of hydrogen-bond donors (Lipinski definition) is 0. The highest BCUT2D eigenvalue weighted by Gasteiger charge is 2.24. The van der Waals surface area contributed by atoms with E-state index in [2.05, 4.69) is 23.2 Å². The Bertz CT molecular complexity index is 936. The second kappa shape index (κ2) is 6.63. The van der Waals surface area contributed by atoms with Crippen LogP contribution in [0.2, 0.25) is 5.02 Å². The van der Waals surface area contributed by atoms with Crippen molar-refractivity contribution in [3.63, 3.8) is 0 Å².